The van der Waals surface area contributed by atoms with Gasteiger partial charge < -0.3 is 4.74 Å². The van der Waals surface area contributed by atoms with Gasteiger partial charge >= 0.3 is 0 Å². The molecule has 2 atom stereocenters. The van der Waals surface area contributed by atoms with Crippen molar-refractivity contribution in [1.82, 2.24) is 0 Å². The zero-order valence-electron chi connectivity index (χ0n) is 3.42. The van der Waals surface area contributed by atoms with E-state index in [1.54, 1.807) is 0 Å². The smallest absolute Gasteiger partial charge is 0.217 e. The molecule has 1 heterocycles. The highest BCUT2D eigenvalue weighted by atomic mass is 17.2. The Kier molecular flexibility index (Phi) is 0.799. The Bertz CT molecular complexity index is 52.0. The number of rotatable bonds is 1. The van der Waals surface area contributed by atoms with Crippen LogP contribution in [0.5, 0.6) is 0 Å². The van der Waals surface area contributed by atoms with Gasteiger partial charge in [0.25, 0.3) is 0 Å². The molecule has 0 saturated carbocycles. The number of hydrogen-bond acceptors (Lipinski definition) is 3. The fraction of sp³-hybridized carbons (Fsp3) is 1.00. The lowest BCUT2D eigenvalue weighted by Gasteiger charge is -1.76. The highest BCUT2D eigenvalue weighted by molar-refractivity contribution is 4.67. The molecule has 0 spiro atoms. The van der Waals surface area contributed by atoms with E-state index in [1.165, 1.54) is 0 Å². The van der Waals surface area contributed by atoms with Gasteiger partial charge in [0.2, 0.25) is 6.29 Å². The zero-order valence-corrected chi connectivity index (χ0v) is 3.42. The molecule has 1 aliphatic rings. The molecule has 2 unspecified atom stereocenters. The molecule has 3 heteroatoms. The summed E-state index contributed by atoms with van der Waals surface area (Å²) in [6.07, 6.45) is -0.250. The molecule has 1 aliphatic heterocycles. The maximum atomic E-state index is 7.75. The highest BCUT2D eigenvalue weighted by Gasteiger charge is 2.35. The van der Waals surface area contributed by atoms with Gasteiger partial charge in [-0.1, -0.05) is 0 Å². The van der Waals surface area contributed by atoms with Crippen LogP contribution in [0.25, 0.3) is 0 Å². The number of ether oxygens (including phenoxy) is 1. The van der Waals surface area contributed by atoms with Crippen LogP contribution in [-0.2, 0) is 9.62 Å². The first-order valence-electron chi connectivity index (χ1n) is 1.80. The molecule has 36 valence electrons. The van der Waals surface area contributed by atoms with Crippen LogP contribution in [-0.4, -0.2) is 17.7 Å². The second-order valence-corrected chi connectivity index (χ2v) is 1.32. The summed E-state index contributed by atoms with van der Waals surface area (Å²) in [7, 11) is 0. The van der Waals surface area contributed by atoms with Crippen molar-refractivity contribution in [2.45, 2.75) is 19.3 Å². The summed E-state index contributed by atoms with van der Waals surface area (Å²) in [5.74, 6) is 0. The van der Waals surface area contributed by atoms with Crippen LogP contribution in [0.15, 0.2) is 0 Å². The van der Waals surface area contributed by atoms with Crippen molar-refractivity contribution in [3.8, 4) is 0 Å². The zero-order chi connectivity index (χ0) is 4.57. The average molecular weight is 90.1 g/mol. The van der Waals surface area contributed by atoms with Crippen molar-refractivity contribution < 1.29 is 14.9 Å². The normalized spacial score (nSPS) is 43.0. The molecule has 6 heavy (non-hydrogen) atoms. The maximum absolute atomic E-state index is 7.75. The van der Waals surface area contributed by atoms with Crippen LogP contribution in [0.1, 0.15) is 6.92 Å². The average Bonchev–Trinajstić information content (AvgIpc) is 2.19. The van der Waals surface area contributed by atoms with Gasteiger partial charge in [0, 0.05) is 0 Å². The molecule has 3 nitrogen and oxygen atoms in total. The van der Waals surface area contributed by atoms with Crippen LogP contribution in [0, 0.1) is 0 Å². The fourth-order valence-corrected chi connectivity index (χ4v) is 0.277. The largest absolute Gasteiger partial charge is 0.339 e. The monoisotopic (exact) mass is 90.0 g/mol. The minimum absolute atomic E-state index is 0.0926. The number of hydrogen-bond donors (Lipinski definition) is 1. The number of epoxide rings is 1. The minimum atomic E-state index is -0.343. The third-order valence-corrected chi connectivity index (χ3v) is 0.759. The third-order valence-electron chi connectivity index (χ3n) is 0.759. The van der Waals surface area contributed by atoms with Gasteiger partial charge in [-0.05, 0) is 6.92 Å². The maximum Gasteiger partial charge on any atom is 0.217 e. The van der Waals surface area contributed by atoms with Crippen LogP contribution in [0.2, 0.25) is 0 Å². The predicted octanol–water partition coefficient (Wildman–Crippen LogP) is 0.221. The Balaban J connectivity index is 2.09. The summed E-state index contributed by atoms with van der Waals surface area (Å²) in [6.45, 7) is 1.82. The van der Waals surface area contributed by atoms with Gasteiger partial charge in [-0.25, -0.2) is 10.1 Å². The lowest BCUT2D eigenvalue weighted by molar-refractivity contribution is -0.273. The van der Waals surface area contributed by atoms with Crippen LogP contribution in [0.4, 0.5) is 0 Å². The molecule has 0 aliphatic carbocycles. The lowest BCUT2D eigenvalue weighted by atomic mass is 10.5. The van der Waals surface area contributed by atoms with Gasteiger partial charge in [-0.3, -0.25) is 0 Å². The topological polar surface area (TPSA) is 42.0 Å². The van der Waals surface area contributed by atoms with Crippen molar-refractivity contribution in [2.75, 3.05) is 0 Å². The van der Waals surface area contributed by atoms with Gasteiger partial charge in [0.15, 0.2) is 0 Å². The molecule has 0 aromatic rings. The fourth-order valence-electron chi connectivity index (χ4n) is 0.277. The predicted molar refractivity (Wildman–Crippen MR) is 18.0 cm³/mol. The summed E-state index contributed by atoms with van der Waals surface area (Å²) in [4.78, 5) is 3.75. The standard InChI is InChI=1S/C3H6O3/c1-2-3(5-2)6-4/h2-4H,1H3. The first-order chi connectivity index (χ1) is 2.84. The Morgan fingerprint density at radius 1 is 1.83 bits per heavy atom. The molecule has 0 aromatic carbocycles. The summed E-state index contributed by atoms with van der Waals surface area (Å²) in [6, 6.07) is 0. The molecule has 1 N–H and O–H groups in total. The second kappa shape index (κ2) is 1.18. The van der Waals surface area contributed by atoms with E-state index in [2.05, 4.69) is 9.62 Å². The molecule has 0 aromatic heterocycles. The highest BCUT2D eigenvalue weighted by Crippen LogP contribution is 2.19. The van der Waals surface area contributed by atoms with E-state index < -0.39 is 0 Å². The van der Waals surface area contributed by atoms with Gasteiger partial charge in [0.05, 0.1) is 0 Å². The van der Waals surface area contributed by atoms with Crippen molar-refractivity contribution >= 4 is 0 Å². The third kappa shape index (κ3) is 0.518. The molecule has 0 amide bonds. The van der Waals surface area contributed by atoms with Crippen molar-refractivity contribution in [1.29, 1.82) is 0 Å². The van der Waals surface area contributed by atoms with Gasteiger partial charge in [0.1, 0.15) is 6.10 Å². The van der Waals surface area contributed by atoms with Crippen LogP contribution >= 0.6 is 0 Å². The molecule has 1 fully saturated rings. The summed E-state index contributed by atoms with van der Waals surface area (Å²) in [5, 5.41) is 7.75. The van der Waals surface area contributed by atoms with E-state index in [4.69, 9.17) is 5.26 Å². The van der Waals surface area contributed by atoms with Crippen LogP contribution in [0.3, 0.4) is 0 Å². The summed E-state index contributed by atoms with van der Waals surface area (Å²) in [5.41, 5.74) is 0. The first-order valence-corrected chi connectivity index (χ1v) is 1.80. The second-order valence-electron chi connectivity index (χ2n) is 1.32. The van der Waals surface area contributed by atoms with Crippen molar-refractivity contribution in [3.05, 3.63) is 0 Å². The molecule has 0 radical (unpaired) electrons. The van der Waals surface area contributed by atoms with E-state index in [0.717, 1.165) is 0 Å². The first kappa shape index (κ1) is 4.05. The molecular weight excluding hydrogens is 84.0 g/mol. The summed E-state index contributed by atoms with van der Waals surface area (Å²) < 4.78 is 4.59. The van der Waals surface area contributed by atoms with E-state index in [-0.39, 0.29) is 12.4 Å². The van der Waals surface area contributed by atoms with E-state index >= 15 is 0 Å². The van der Waals surface area contributed by atoms with Crippen molar-refractivity contribution in [3.63, 3.8) is 0 Å². The van der Waals surface area contributed by atoms with E-state index in [9.17, 15) is 0 Å². The Hall–Kier alpha value is -0.120. The Morgan fingerprint density at radius 2 is 2.33 bits per heavy atom. The molecule has 1 saturated heterocycles. The summed E-state index contributed by atoms with van der Waals surface area (Å²) >= 11 is 0. The van der Waals surface area contributed by atoms with Gasteiger partial charge in [-0.15, -0.1) is 0 Å². The van der Waals surface area contributed by atoms with E-state index in [1.807, 2.05) is 6.92 Å². The minimum Gasteiger partial charge on any atom is -0.339 e. The Labute approximate surface area is 35.4 Å². The van der Waals surface area contributed by atoms with Gasteiger partial charge in [-0.2, -0.15) is 0 Å². The van der Waals surface area contributed by atoms with Crippen LogP contribution < -0.4 is 0 Å². The van der Waals surface area contributed by atoms with E-state index in [0.29, 0.717) is 0 Å². The Morgan fingerprint density at radius 3 is 2.33 bits per heavy atom. The lowest BCUT2D eigenvalue weighted by Crippen LogP contribution is -1.90. The quantitative estimate of drug-likeness (QED) is 0.284. The van der Waals surface area contributed by atoms with Crippen molar-refractivity contribution in [2.24, 2.45) is 0 Å². The SMILES string of the molecule is CC1OC1OO. The molecular formula is C3H6O3. The molecule has 1 rings (SSSR count). The molecule has 0 bridgehead atoms.